The molecule has 0 saturated carbocycles. The van der Waals surface area contributed by atoms with Gasteiger partial charge in [0.1, 0.15) is 5.60 Å². The predicted molar refractivity (Wildman–Crippen MR) is 158 cm³/mol. The first-order chi connectivity index (χ1) is 20.3. The Morgan fingerprint density at radius 1 is 0.977 bits per heavy atom. The number of hydrogen-bond acceptors (Lipinski definition) is 5. The average Bonchev–Trinajstić information content (AvgIpc) is 3.21. The summed E-state index contributed by atoms with van der Waals surface area (Å²) in [4.78, 5) is 41.8. The standard InChI is InChI=1S/C30H47N3O3.C2HF3O2/c1-5-7-9-18-33-26(13-8-6-2)30(36-29(33)35)16-21-31(22-17-30)25-14-19-32(20-15-25)28(34)27-23(3)11-10-12-24(27)4;3-2(4,5)1(6)7/h10-12,25-26H,5-9,13-22H2,1-4H3;(H,6,7). The molecule has 2 amide bonds. The number of alkyl halides is 3. The first-order valence-corrected chi connectivity index (χ1v) is 15.7. The largest absolute Gasteiger partial charge is 0.490 e. The second kappa shape index (κ2) is 15.3. The number of amides is 2. The number of nitrogens with zero attached hydrogens (tertiary/aromatic N) is 3. The molecule has 4 rings (SSSR count). The number of aliphatic carboxylic acids is 1. The summed E-state index contributed by atoms with van der Waals surface area (Å²) in [5.74, 6) is -2.58. The summed E-state index contributed by atoms with van der Waals surface area (Å²) in [6.07, 6.45) is 5.46. The molecule has 0 bridgehead atoms. The van der Waals surface area contributed by atoms with Crippen LogP contribution in [0, 0.1) is 13.8 Å². The Balaban J connectivity index is 0.000000646. The van der Waals surface area contributed by atoms with E-state index in [1.54, 1.807) is 0 Å². The number of rotatable bonds is 9. The highest BCUT2D eigenvalue weighted by atomic mass is 19.4. The van der Waals surface area contributed by atoms with Crippen LogP contribution in [0.2, 0.25) is 0 Å². The molecule has 1 aromatic rings. The number of carbonyl (C=O) groups excluding carboxylic acids is 2. The van der Waals surface area contributed by atoms with E-state index in [1.807, 2.05) is 36.9 Å². The molecule has 3 heterocycles. The van der Waals surface area contributed by atoms with Crippen molar-refractivity contribution < 1.29 is 37.4 Å². The number of aryl methyl sites for hydroxylation is 2. The molecule has 242 valence electrons. The fourth-order valence-electron chi connectivity index (χ4n) is 6.75. The third-order valence-corrected chi connectivity index (χ3v) is 9.19. The quantitative estimate of drug-likeness (QED) is 0.318. The summed E-state index contributed by atoms with van der Waals surface area (Å²) in [6.45, 7) is 12.9. The summed E-state index contributed by atoms with van der Waals surface area (Å²) in [7, 11) is 0. The zero-order chi connectivity index (χ0) is 31.8. The van der Waals surface area contributed by atoms with Gasteiger partial charge in [0.2, 0.25) is 0 Å². The molecule has 1 N–H and O–H groups in total. The van der Waals surface area contributed by atoms with Crippen LogP contribution >= 0.6 is 0 Å². The molecule has 1 unspecified atom stereocenters. The van der Waals surface area contributed by atoms with Crippen molar-refractivity contribution in [3.05, 3.63) is 34.9 Å². The van der Waals surface area contributed by atoms with E-state index in [2.05, 4.69) is 23.6 Å². The van der Waals surface area contributed by atoms with E-state index in [-0.39, 0.29) is 23.6 Å². The SMILES string of the molecule is CCCCCN1C(=O)OC2(CCN(C3CCN(C(=O)c4c(C)cccc4C)CC3)CC2)C1CCCC.O=C(O)C(F)(F)F. The van der Waals surface area contributed by atoms with E-state index in [4.69, 9.17) is 14.6 Å². The number of carboxylic acid groups (broad SMARTS) is 1. The molecular formula is C32H48F3N3O5. The van der Waals surface area contributed by atoms with Crippen molar-refractivity contribution in [1.29, 1.82) is 0 Å². The van der Waals surface area contributed by atoms with Crippen LogP contribution in [0.4, 0.5) is 18.0 Å². The lowest BCUT2D eigenvalue weighted by atomic mass is 9.81. The molecule has 1 spiro atoms. The molecule has 0 aromatic heterocycles. The topological polar surface area (TPSA) is 90.4 Å². The molecule has 0 radical (unpaired) electrons. The summed E-state index contributed by atoms with van der Waals surface area (Å²) >= 11 is 0. The molecule has 43 heavy (non-hydrogen) atoms. The van der Waals surface area contributed by atoms with Crippen LogP contribution in [0.5, 0.6) is 0 Å². The van der Waals surface area contributed by atoms with Crippen LogP contribution in [-0.4, -0.2) is 94.4 Å². The lowest BCUT2D eigenvalue weighted by molar-refractivity contribution is -0.192. The number of hydrogen-bond donors (Lipinski definition) is 1. The highest BCUT2D eigenvalue weighted by Gasteiger charge is 2.54. The highest BCUT2D eigenvalue weighted by molar-refractivity contribution is 5.97. The maximum Gasteiger partial charge on any atom is 0.490 e. The Kier molecular flexibility index (Phi) is 12.3. The van der Waals surface area contributed by atoms with Crippen molar-refractivity contribution >= 4 is 18.0 Å². The van der Waals surface area contributed by atoms with Crippen molar-refractivity contribution in [1.82, 2.24) is 14.7 Å². The zero-order valence-electron chi connectivity index (χ0n) is 26.0. The molecular weight excluding hydrogens is 563 g/mol. The van der Waals surface area contributed by atoms with Crippen molar-refractivity contribution in [2.24, 2.45) is 0 Å². The molecule has 1 aromatic carbocycles. The van der Waals surface area contributed by atoms with Gasteiger partial charge in [-0.2, -0.15) is 13.2 Å². The van der Waals surface area contributed by atoms with Crippen LogP contribution in [0.25, 0.3) is 0 Å². The molecule has 11 heteroatoms. The average molecular weight is 612 g/mol. The fraction of sp³-hybridized carbons (Fsp3) is 0.719. The normalized spacial score (nSPS) is 21.0. The molecule has 3 fully saturated rings. The number of halogens is 3. The Bertz CT molecular complexity index is 1080. The van der Waals surface area contributed by atoms with E-state index in [0.717, 1.165) is 114 Å². The minimum absolute atomic E-state index is 0.0843. The van der Waals surface area contributed by atoms with Crippen molar-refractivity contribution in [3.63, 3.8) is 0 Å². The summed E-state index contributed by atoms with van der Waals surface area (Å²) in [5.41, 5.74) is 2.70. The monoisotopic (exact) mass is 611 g/mol. The number of carboxylic acids is 1. The first-order valence-electron chi connectivity index (χ1n) is 15.7. The van der Waals surface area contributed by atoms with Crippen molar-refractivity contribution in [3.8, 4) is 0 Å². The number of likely N-dealkylation sites (tertiary alicyclic amines) is 2. The molecule has 3 saturated heterocycles. The van der Waals surface area contributed by atoms with Gasteiger partial charge >= 0.3 is 18.2 Å². The zero-order valence-corrected chi connectivity index (χ0v) is 26.0. The third-order valence-electron chi connectivity index (χ3n) is 9.19. The second-order valence-electron chi connectivity index (χ2n) is 12.1. The van der Waals surface area contributed by atoms with Crippen molar-refractivity contribution in [2.45, 2.75) is 116 Å². The van der Waals surface area contributed by atoms with Gasteiger partial charge in [0.25, 0.3) is 5.91 Å². The Hall–Kier alpha value is -2.82. The minimum atomic E-state index is -5.08. The number of piperidine rings is 2. The highest BCUT2D eigenvalue weighted by Crippen LogP contribution is 2.42. The molecule has 1 atom stereocenters. The first kappa shape index (κ1) is 34.7. The molecule has 8 nitrogen and oxygen atoms in total. The fourth-order valence-corrected chi connectivity index (χ4v) is 6.75. The van der Waals surface area contributed by atoms with Gasteiger partial charge in [-0.15, -0.1) is 0 Å². The summed E-state index contributed by atoms with van der Waals surface area (Å²) in [6, 6.07) is 6.82. The van der Waals surface area contributed by atoms with Crippen molar-refractivity contribution in [2.75, 3.05) is 32.7 Å². The summed E-state index contributed by atoms with van der Waals surface area (Å²) in [5, 5.41) is 7.12. The molecule has 3 aliphatic heterocycles. The lowest BCUT2D eigenvalue weighted by Crippen LogP contribution is -2.56. The Labute approximate surface area is 253 Å². The predicted octanol–water partition coefficient (Wildman–Crippen LogP) is 6.58. The Morgan fingerprint density at radius 2 is 1.53 bits per heavy atom. The second-order valence-corrected chi connectivity index (χ2v) is 12.1. The number of unbranched alkanes of at least 4 members (excludes halogenated alkanes) is 3. The van der Waals surface area contributed by atoms with Gasteiger partial charge in [0, 0.05) is 57.2 Å². The number of benzene rings is 1. The van der Waals surface area contributed by atoms with Gasteiger partial charge in [0.05, 0.1) is 6.04 Å². The molecule has 0 aliphatic carbocycles. The van der Waals surface area contributed by atoms with E-state index in [1.165, 1.54) is 0 Å². The maximum absolute atomic E-state index is 13.2. The van der Waals surface area contributed by atoms with Crippen LogP contribution in [0.1, 0.15) is 99.5 Å². The van der Waals surface area contributed by atoms with Gasteiger partial charge in [-0.05, 0) is 50.7 Å². The van der Waals surface area contributed by atoms with E-state index in [9.17, 15) is 22.8 Å². The van der Waals surface area contributed by atoms with Gasteiger partial charge in [-0.1, -0.05) is 57.7 Å². The van der Waals surface area contributed by atoms with Gasteiger partial charge in [-0.3, -0.25) is 9.69 Å². The van der Waals surface area contributed by atoms with Gasteiger partial charge < -0.3 is 19.6 Å². The summed E-state index contributed by atoms with van der Waals surface area (Å²) < 4.78 is 37.9. The van der Waals surface area contributed by atoms with Crippen LogP contribution < -0.4 is 0 Å². The van der Waals surface area contributed by atoms with Gasteiger partial charge in [0.15, 0.2) is 0 Å². The van der Waals surface area contributed by atoms with E-state index in [0.29, 0.717) is 6.04 Å². The van der Waals surface area contributed by atoms with Crippen LogP contribution in [0.3, 0.4) is 0 Å². The number of ether oxygens (including phenoxy) is 1. The third kappa shape index (κ3) is 8.64. The minimum Gasteiger partial charge on any atom is -0.475 e. The van der Waals surface area contributed by atoms with E-state index >= 15 is 0 Å². The van der Waals surface area contributed by atoms with Gasteiger partial charge in [-0.25, -0.2) is 9.59 Å². The lowest BCUT2D eigenvalue weighted by Gasteiger charge is -2.46. The molecule has 3 aliphatic rings. The Morgan fingerprint density at radius 3 is 2.05 bits per heavy atom. The van der Waals surface area contributed by atoms with Crippen LogP contribution in [-0.2, 0) is 9.53 Å². The number of carbonyl (C=O) groups is 3. The smallest absolute Gasteiger partial charge is 0.475 e. The van der Waals surface area contributed by atoms with E-state index < -0.39 is 12.1 Å². The maximum atomic E-state index is 13.2. The van der Waals surface area contributed by atoms with Crippen LogP contribution in [0.15, 0.2) is 18.2 Å².